The molecule has 19 heavy (non-hydrogen) atoms. The quantitative estimate of drug-likeness (QED) is 0.792. The van der Waals surface area contributed by atoms with E-state index >= 15 is 0 Å². The predicted octanol–water partition coefficient (Wildman–Crippen LogP) is 2.41. The molecule has 2 aromatic heterocycles. The average molecular weight is 271 g/mol. The van der Waals surface area contributed by atoms with Gasteiger partial charge in [0.15, 0.2) is 0 Å². The summed E-state index contributed by atoms with van der Waals surface area (Å²) >= 11 is 1.64. The van der Waals surface area contributed by atoms with E-state index in [4.69, 9.17) is 0 Å². The van der Waals surface area contributed by atoms with E-state index in [-0.39, 0.29) is 5.91 Å². The number of nitrogens with one attached hydrogen (secondary N) is 1. The molecule has 3 rings (SSSR count). The number of aromatic nitrogens is 2. The van der Waals surface area contributed by atoms with Crippen molar-refractivity contribution in [2.45, 2.75) is 13.1 Å². The average Bonchev–Trinajstić information content (AvgIpc) is 3.07. The molecule has 0 spiro atoms. The molecule has 0 atom stereocenters. The van der Waals surface area contributed by atoms with Crippen LogP contribution in [0, 0.1) is 0 Å². The Morgan fingerprint density at radius 1 is 1.26 bits per heavy atom. The van der Waals surface area contributed by atoms with E-state index in [1.54, 1.807) is 17.7 Å². The van der Waals surface area contributed by atoms with Gasteiger partial charge in [-0.3, -0.25) is 4.79 Å². The summed E-state index contributed by atoms with van der Waals surface area (Å²) in [6, 6.07) is 11.8. The molecule has 0 radical (unpaired) electrons. The van der Waals surface area contributed by atoms with Gasteiger partial charge < -0.3 is 9.88 Å². The summed E-state index contributed by atoms with van der Waals surface area (Å²) in [7, 11) is 0. The molecule has 2 heterocycles. The highest BCUT2D eigenvalue weighted by molar-refractivity contribution is 7.09. The first-order chi connectivity index (χ1) is 9.33. The Balaban J connectivity index is 1.66. The number of fused-ring (bicyclic) bond motifs is 1. The Labute approximate surface area is 114 Å². The van der Waals surface area contributed by atoms with Crippen LogP contribution in [0.2, 0.25) is 0 Å². The number of carbonyl (C=O) groups excluding carboxylic acids is 1. The molecule has 96 valence electrons. The molecule has 1 N–H and O–H groups in total. The van der Waals surface area contributed by atoms with Crippen LogP contribution in [0.1, 0.15) is 4.88 Å². The van der Waals surface area contributed by atoms with Gasteiger partial charge in [-0.05, 0) is 23.6 Å². The van der Waals surface area contributed by atoms with Crippen molar-refractivity contribution in [3.63, 3.8) is 0 Å². The fraction of sp³-hybridized carbons (Fsp3) is 0.143. The number of benzene rings is 1. The van der Waals surface area contributed by atoms with Crippen LogP contribution in [0.25, 0.3) is 11.0 Å². The van der Waals surface area contributed by atoms with Gasteiger partial charge in [0.05, 0.1) is 23.9 Å². The van der Waals surface area contributed by atoms with Gasteiger partial charge in [-0.25, -0.2) is 4.98 Å². The van der Waals surface area contributed by atoms with Crippen molar-refractivity contribution < 1.29 is 4.79 Å². The molecule has 1 aromatic carbocycles. The second-order valence-corrected chi connectivity index (χ2v) is 5.25. The summed E-state index contributed by atoms with van der Waals surface area (Å²) in [5, 5.41) is 4.92. The largest absolute Gasteiger partial charge is 0.350 e. The predicted molar refractivity (Wildman–Crippen MR) is 75.9 cm³/mol. The fourth-order valence-corrected chi connectivity index (χ4v) is 2.59. The first kappa shape index (κ1) is 11.9. The van der Waals surface area contributed by atoms with Crippen LogP contribution in [0.15, 0.2) is 48.1 Å². The van der Waals surface area contributed by atoms with Crippen molar-refractivity contribution in [2.24, 2.45) is 0 Å². The molecule has 5 heteroatoms. The highest BCUT2D eigenvalue weighted by Gasteiger charge is 2.06. The number of nitrogens with zero attached hydrogens (tertiary/aromatic N) is 2. The molecule has 0 aliphatic rings. The van der Waals surface area contributed by atoms with E-state index in [0.717, 1.165) is 15.9 Å². The Kier molecular flexibility index (Phi) is 3.29. The van der Waals surface area contributed by atoms with Crippen molar-refractivity contribution in [2.75, 3.05) is 0 Å². The Morgan fingerprint density at radius 2 is 2.16 bits per heavy atom. The normalized spacial score (nSPS) is 10.7. The fourth-order valence-electron chi connectivity index (χ4n) is 1.95. The maximum absolute atomic E-state index is 11.9. The van der Waals surface area contributed by atoms with Gasteiger partial charge in [-0.2, -0.15) is 0 Å². The molecule has 0 saturated heterocycles. The first-order valence-electron chi connectivity index (χ1n) is 6.02. The third-order valence-corrected chi connectivity index (χ3v) is 3.76. The SMILES string of the molecule is O=C(Cn1cnc2ccccc21)NCc1cccs1. The Morgan fingerprint density at radius 3 is 3.00 bits per heavy atom. The Hall–Kier alpha value is -2.14. The number of amides is 1. The lowest BCUT2D eigenvalue weighted by atomic mass is 10.3. The number of carbonyl (C=O) groups is 1. The molecule has 1 amide bonds. The zero-order chi connectivity index (χ0) is 13.1. The smallest absolute Gasteiger partial charge is 0.240 e. The van der Waals surface area contributed by atoms with Gasteiger partial charge in [0.2, 0.25) is 5.91 Å². The first-order valence-corrected chi connectivity index (χ1v) is 6.90. The van der Waals surface area contributed by atoms with Crippen LogP contribution < -0.4 is 5.32 Å². The van der Waals surface area contributed by atoms with Crippen LogP contribution in [0.5, 0.6) is 0 Å². The lowest BCUT2D eigenvalue weighted by Gasteiger charge is -2.05. The maximum Gasteiger partial charge on any atom is 0.240 e. The summed E-state index contributed by atoms with van der Waals surface area (Å²) in [4.78, 5) is 17.3. The van der Waals surface area contributed by atoms with Crippen LogP contribution in [0.3, 0.4) is 0 Å². The minimum Gasteiger partial charge on any atom is -0.350 e. The van der Waals surface area contributed by atoms with E-state index in [9.17, 15) is 4.79 Å². The van der Waals surface area contributed by atoms with Crippen molar-refractivity contribution >= 4 is 28.3 Å². The third-order valence-electron chi connectivity index (χ3n) is 2.88. The van der Waals surface area contributed by atoms with E-state index in [1.807, 2.05) is 46.3 Å². The number of rotatable bonds is 4. The van der Waals surface area contributed by atoms with Crippen molar-refractivity contribution in [1.29, 1.82) is 0 Å². The van der Waals surface area contributed by atoms with Crippen molar-refractivity contribution in [3.8, 4) is 0 Å². The van der Waals surface area contributed by atoms with Gasteiger partial charge in [0, 0.05) is 4.88 Å². The molecule has 0 aliphatic carbocycles. The van der Waals surface area contributed by atoms with E-state index in [2.05, 4.69) is 10.3 Å². The molecule has 0 saturated carbocycles. The monoisotopic (exact) mass is 271 g/mol. The summed E-state index contributed by atoms with van der Waals surface area (Å²) in [5.41, 5.74) is 1.89. The van der Waals surface area contributed by atoms with E-state index < -0.39 is 0 Å². The summed E-state index contributed by atoms with van der Waals surface area (Å²) in [5.74, 6) is -0.00319. The molecular formula is C14H13N3OS. The second kappa shape index (κ2) is 5.24. The topological polar surface area (TPSA) is 46.9 Å². The summed E-state index contributed by atoms with van der Waals surface area (Å²) < 4.78 is 1.86. The number of hydrogen-bond acceptors (Lipinski definition) is 3. The Bertz CT molecular complexity index is 688. The zero-order valence-electron chi connectivity index (χ0n) is 10.2. The van der Waals surface area contributed by atoms with Crippen LogP contribution in [-0.2, 0) is 17.9 Å². The molecule has 4 nitrogen and oxygen atoms in total. The van der Waals surface area contributed by atoms with Gasteiger partial charge >= 0.3 is 0 Å². The number of imidazole rings is 1. The van der Waals surface area contributed by atoms with Crippen LogP contribution in [0.4, 0.5) is 0 Å². The second-order valence-electron chi connectivity index (χ2n) is 4.22. The molecule has 3 aromatic rings. The van der Waals surface area contributed by atoms with E-state index in [1.165, 1.54) is 0 Å². The standard InChI is InChI=1S/C14H13N3OS/c18-14(15-8-11-4-3-7-19-11)9-17-10-16-12-5-1-2-6-13(12)17/h1-7,10H,8-9H2,(H,15,18). The minimum absolute atomic E-state index is 0.00319. The lowest BCUT2D eigenvalue weighted by Crippen LogP contribution is -2.26. The highest BCUT2D eigenvalue weighted by atomic mass is 32.1. The molecule has 0 bridgehead atoms. The van der Waals surface area contributed by atoms with Crippen LogP contribution in [-0.4, -0.2) is 15.5 Å². The lowest BCUT2D eigenvalue weighted by molar-refractivity contribution is -0.121. The van der Waals surface area contributed by atoms with Crippen molar-refractivity contribution in [1.82, 2.24) is 14.9 Å². The zero-order valence-corrected chi connectivity index (χ0v) is 11.1. The van der Waals surface area contributed by atoms with Crippen LogP contribution >= 0.6 is 11.3 Å². The minimum atomic E-state index is -0.00319. The number of thiophene rings is 1. The maximum atomic E-state index is 11.9. The summed E-state index contributed by atoms with van der Waals surface area (Å²) in [6.45, 7) is 0.884. The number of hydrogen-bond donors (Lipinski definition) is 1. The van der Waals surface area contributed by atoms with Crippen molar-refractivity contribution in [3.05, 3.63) is 53.0 Å². The molecule has 0 unspecified atom stereocenters. The summed E-state index contributed by atoms with van der Waals surface area (Å²) in [6.07, 6.45) is 1.70. The highest BCUT2D eigenvalue weighted by Crippen LogP contribution is 2.11. The van der Waals surface area contributed by atoms with E-state index in [0.29, 0.717) is 13.1 Å². The molecule has 0 aliphatic heterocycles. The van der Waals surface area contributed by atoms with Gasteiger partial charge in [0.1, 0.15) is 6.54 Å². The molecule has 0 fully saturated rings. The van der Waals surface area contributed by atoms with Gasteiger partial charge in [-0.1, -0.05) is 18.2 Å². The third kappa shape index (κ3) is 2.66. The number of para-hydroxylation sites is 2. The van der Waals surface area contributed by atoms with Gasteiger partial charge in [0.25, 0.3) is 0 Å². The molecular weight excluding hydrogens is 258 g/mol. The van der Waals surface area contributed by atoms with Gasteiger partial charge in [-0.15, -0.1) is 11.3 Å².